The second-order valence-corrected chi connectivity index (χ2v) is 8.26. The number of amides is 2. The molecule has 0 aliphatic carbocycles. The number of rotatable bonds is 8. The Labute approximate surface area is 191 Å². The molecule has 0 saturated heterocycles. The molecule has 31 heavy (non-hydrogen) atoms. The van der Waals surface area contributed by atoms with E-state index < -0.39 is 0 Å². The first-order valence-corrected chi connectivity index (χ1v) is 10.9. The van der Waals surface area contributed by atoms with Gasteiger partial charge in [0.25, 0.3) is 5.91 Å². The van der Waals surface area contributed by atoms with E-state index in [0.717, 1.165) is 10.9 Å². The van der Waals surface area contributed by atoms with Crippen molar-refractivity contribution in [2.24, 2.45) is 5.92 Å². The van der Waals surface area contributed by atoms with Gasteiger partial charge in [0.1, 0.15) is 5.75 Å². The number of anilines is 2. The van der Waals surface area contributed by atoms with Crippen molar-refractivity contribution in [3.05, 3.63) is 88.4 Å². The van der Waals surface area contributed by atoms with Crippen molar-refractivity contribution in [2.75, 3.05) is 17.2 Å². The SMILES string of the molecule is CC(C)C(=O)Nc1ccc(NC(=O)c2ccc(OCCc3ccccc3)c(Br)c2)cc1. The summed E-state index contributed by atoms with van der Waals surface area (Å²) < 4.78 is 6.56. The molecule has 0 aliphatic heterocycles. The molecular weight excluding hydrogens is 456 g/mol. The molecule has 3 rings (SSSR count). The number of ether oxygens (including phenoxy) is 1. The van der Waals surface area contributed by atoms with Gasteiger partial charge < -0.3 is 15.4 Å². The Morgan fingerprint density at radius 3 is 2.16 bits per heavy atom. The summed E-state index contributed by atoms with van der Waals surface area (Å²) in [5, 5.41) is 5.68. The molecule has 0 heterocycles. The van der Waals surface area contributed by atoms with Crippen LogP contribution < -0.4 is 15.4 Å². The van der Waals surface area contributed by atoms with Crippen molar-refractivity contribution >= 4 is 39.1 Å². The number of benzene rings is 3. The van der Waals surface area contributed by atoms with Crippen molar-refractivity contribution in [1.82, 2.24) is 0 Å². The number of carbonyl (C=O) groups is 2. The molecule has 5 nitrogen and oxygen atoms in total. The highest BCUT2D eigenvalue weighted by Gasteiger charge is 2.11. The smallest absolute Gasteiger partial charge is 0.255 e. The Morgan fingerprint density at radius 2 is 1.55 bits per heavy atom. The Morgan fingerprint density at radius 1 is 0.903 bits per heavy atom. The second kappa shape index (κ2) is 10.8. The minimum absolute atomic E-state index is 0.0484. The normalized spacial score (nSPS) is 10.6. The van der Waals surface area contributed by atoms with Crippen LogP contribution in [0, 0.1) is 5.92 Å². The summed E-state index contributed by atoms with van der Waals surface area (Å²) >= 11 is 3.49. The number of nitrogens with one attached hydrogen (secondary N) is 2. The van der Waals surface area contributed by atoms with E-state index in [9.17, 15) is 9.59 Å². The number of carbonyl (C=O) groups excluding carboxylic acids is 2. The molecule has 0 atom stereocenters. The fourth-order valence-electron chi connectivity index (χ4n) is 2.81. The van der Waals surface area contributed by atoms with Gasteiger partial charge in [0.05, 0.1) is 11.1 Å². The van der Waals surface area contributed by atoms with Crippen LogP contribution in [0.1, 0.15) is 29.8 Å². The fraction of sp³-hybridized carbons (Fsp3) is 0.200. The summed E-state index contributed by atoms with van der Waals surface area (Å²) in [6, 6.07) is 22.4. The summed E-state index contributed by atoms with van der Waals surface area (Å²) in [7, 11) is 0. The van der Waals surface area contributed by atoms with Gasteiger partial charge in [-0.1, -0.05) is 44.2 Å². The van der Waals surface area contributed by atoms with E-state index in [2.05, 4.69) is 38.7 Å². The summed E-state index contributed by atoms with van der Waals surface area (Å²) in [5.74, 6) is 0.323. The van der Waals surface area contributed by atoms with Crippen LogP contribution in [0.3, 0.4) is 0 Å². The summed E-state index contributed by atoms with van der Waals surface area (Å²) in [5.41, 5.74) is 3.06. The van der Waals surface area contributed by atoms with Crippen LogP contribution >= 0.6 is 15.9 Å². The van der Waals surface area contributed by atoms with Gasteiger partial charge in [-0.15, -0.1) is 0 Å². The van der Waals surface area contributed by atoms with E-state index in [0.29, 0.717) is 29.3 Å². The van der Waals surface area contributed by atoms with Gasteiger partial charge in [-0.3, -0.25) is 9.59 Å². The number of hydrogen-bond acceptors (Lipinski definition) is 3. The first-order chi connectivity index (χ1) is 14.9. The predicted octanol–water partition coefficient (Wildman–Crippen LogP) is 5.92. The molecule has 0 aromatic heterocycles. The first kappa shape index (κ1) is 22.6. The highest BCUT2D eigenvalue weighted by atomic mass is 79.9. The Kier molecular flexibility index (Phi) is 7.84. The van der Waals surface area contributed by atoms with Crippen LogP contribution in [0.25, 0.3) is 0 Å². The van der Waals surface area contributed by atoms with E-state index >= 15 is 0 Å². The summed E-state index contributed by atoms with van der Waals surface area (Å²) in [6.07, 6.45) is 0.809. The average molecular weight is 481 g/mol. The van der Waals surface area contributed by atoms with Crippen LogP contribution in [0.4, 0.5) is 11.4 Å². The molecule has 160 valence electrons. The summed E-state index contributed by atoms with van der Waals surface area (Å²) in [6.45, 7) is 4.22. The van der Waals surface area contributed by atoms with E-state index in [1.165, 1.54) is 5.56 Å². The third kappa shape index (κ3) is 6.69. The molecule has 0 bridgehead atoms. The zero-order valence-corrected chi connectivity index (χ0v) is 19.1. The zero-order valence-electron chi connectivity index (χ0n) is 17.5. The van der Waals surface area contributed by atoms with Gasteiger partial charge >= 0.3 is 0 Å². The number of halogens is 1. The van der Waals surface area contributed by atoms with E-state index in [1.54, 1.807) is 42.5 Å². The molecule has 3 aromatic carbocycles. The molecule has 0 fully saturated rings. The minimum Gasteiger partial charge on any atom is -0.492 e. The van der Waals surface area contributed by atoms with Gasteiger partial charge in [-0.05, 0) is 64.0 Å². The minimum atomic E-state index is -0.226. The van der Waals surface area contributed by atoms with Gasteiger partial charge in [0.15, 0.2) is 0 Å². The Hall–Kier alpha value is -3.12. The quantitative estimate of drug-likeness (QED) is 0.420. The molecule has 2 amide bonds. The molecule has 0 spiro atoms. The Bertz CT molecular complexity index is 1030. The topological polar surface area (TPSA) is 67.4 Å². The lowest BCUT2D eigenvalue weighted by molar-refractivity contribution is -0.118. The number of hydrogen-bond donors (Lipinski definition) is 2. The molecular formula is C25H25BrN2O3. The maximum absolute atomic E-state index is 12.6. The molecule has 2 N–H and O–H groups in total. The molecule has 0 unspecified atom stereocenters. The lowest BCUT2D eigenvalue weighted by atomic mass is 10.1. The molecule has 0 saturated carbocycles. The first-order valence-electron chi connectivity index (χ1n) is 10.1. The predicted molar refractivity (Wildman–Crippen MR) is 128 cm³/mol. The third-order valence-electron chi connectivity index (χ3n) is 4.62. The van der Waals surface area contributed by atoms with Crippen molar-refractivity contribution in [1.29, 1.82) is 0 Å². The standard InChI is InChI=1S/C25H25BrN2O3/c1-17(2)24(29)27-20-9-11-21(12-10-20)28-25(30)19-8-13-23(22(26)16-19)31-15-14-18-6-4-3-5-7-18/h3-13,16-17H,14-15H2,1-2H3,(H,27,29)(H,28,30). The maximum Gasteiger partial charge on any atom is 0.255 e. The lowest BCUT2D eigenvalue weighted by Gasteiger charge is -2.11. The van der Waals surface area contributed by atoms with Crippen LogP contribution in [0.2, 0.25) is 0 Å². The third-order valence-corrected chi connectivity index (χ3v) is 5.24. The van der Waals surface area contributed by atoms with Crippen LogP contribution in [0.15, 0.2) is 77.3 Å². The fourth-order valence-corrected chi connectivity index (χ4v) is 3.30. The molecule has 0 aliphatic rings. The monoisotopic (exact) mass is 480 g/mol. The van der Waals surface area contributed by atoms with Gasteiger partial charge in [-0.25, -0.2) is 0 Å². The van der Waals surface area contributed by atoms with E-state index in [-0.39, 0.29) is 17.7 Å². The van der Waals surface area contributed by atoms with E-state index in [4.69, 9.17) is 4.74 Å². The molecule has 6 heteroatoms. The van der Waals surface area contributed by atoms with Gasteiger partial charge in [0.2, 0.25) is 5.91 Å². The van der Waals surface area contributed by atoms with Crippen molar-refractivity contribution in [3.8, 4) is 5.75 Å². The highest BCUT2D eigenvalue weighted by Crippen LogP contribution is 2.27. The lowest BCUT2D eigenvalue weighted by Crippen LogP contribution is -2.17. The Balaban J connectivity index is 1.55. The van der Waals surface area contributed by atoms with Crippen molar-refractivity contribution in [2.45, 2.75) is 20.3 Å². The van der Waals surface area contributed by atoms with Crippen LogP contribution in [0.5, 0.6) is 5.75 Å². The van der Waals surface area contributed by atoms with Crippen LogP contribution in [-0.4, -0.2) is 18.4 Å². The zero-order chi connectivity index (χ0) is 22.2. The highest BCUT2D eigenvalue weighted by molar-refractivity contribution is 9.10. The van der Waals surface area contributed by atoms with E-state index in [1.807, 2.05) is 32.0 Å². The van der Waals surface area contributed by atoms with Crippen molar-refractivity contribution in [3.63, 3.8) is 0 Å². The molecule has 3 aromatic rings. The maximum atomic E-state index is 12.6. The largest absolute Gasteiger partial charge is 0.492 e. The van der Waals surface area contributed by atoms with Crippen molar-refractivity contribution < 1.29 is 14.3 Å². The summed E-state index contributed by atoms with van der Waals surface area (Å²) in [4.78, 5) is 24.3. The van der Waals surface area contributed by atoms with Gasteiger partial charge in [0, 0.05) is 29.3 Å². The van der Waals surface area contributed by atoms with Crippen LogP contribution in [-0.2, 0) is 11.2 Å². The second-order valence-electron chi connectivity index (χ2n) is 7.40. The molecule has 0 radical (unpaired) electrons. The average Bonchev–Trinajstić information content (AvgIpc) is 2.76. The van der Waals surface area contributed by atoms with Gasteiger partial charge in [-0.2, -0.15) is 0 Å².